The summed E-state index contributed by atoms with van der Waals surface area (Å²) in [5.41, 5.74) is 0. The van der Waals surface area contributed by atoms with Crippen molar-refractivity contribution in [3.05, 3.63) is 20.8 Å². The Morgan fingerprint density at radius 3 is 2.89 bits per heavy atom. The zero-order chi connectivity index (χ0) is 12.4. The zero-order valence-electron chi connectivity index (χ0n) is 10.5. The summed E-state index contributed by atoms with van der Waals surface area (Å²) in [7, 11) is 0. The number of hydrogen-bond donors (Lipinski definition) is 1. The number of piperazine rings is 1. The summed E-state index contributed by atoms with van der Waals surface area (Å²) in [4.78, 5) is 15.5. The highest BCUT2D eigenvalue weighted by molar-refractivity contribution is 9.11. The molecule has 1 N–H and O–H groups in total. The predicted octanol–water partition coefficient (Wildman–Crippen LogP) is 2.86. The summed E-state index contributed by atoms with van der Waals surface area (Å²) < 4.78 is 1.08. The van der Waals surface area contributed by atoms with Crippen LogP contribution in [0.5, 0.6) is 0 Å². The van der Waals surface area contributed by atoms with E-state index in [0.29, 0.717) is 6.04 Å². The van der Waals surface area contributed by atoms with Crippen LogP contribution in [0.2, 0.25) is 0 Å². The van der Waals surface area contributed by atoms with Gasteiger partial charge >= 0.3 is 0 Å². The highest BCUT2D eigenvalue weighted by Gasteiger charge is 2.28. The molecule has 0 spiro atoms. The molecule has 18 heavy (non-hydrogen) atoms. The molecule has 2 heterocycles. The van der Waals surface area contributed by atoms with Crippen LogP contribution in [-0.2, 0) is 4.79 Å². The second-order valence-corrected chi connectivity index (χ2v) is 6.94. The summed E-state index contributed by atoms with van der Waals surface area (Å²) >= 11 is 5.08. The molecule has 2 atom stereocenters. The van der Waals surface area contributed by atoms with E-state index < -0.39 is 0 Å². The second-order valence-electron chi connectivity index (χ2n) is 4.45. The number of rotatable bonds is 2. The van der Waals surface area contributed by atoms with E-state index >= 15 is 0 Å². The van der Waals surface area contributed by atoms with Crippen LogP contribution in [0, 0.1) is 0 Å². The molecule has 0 saturated carbocycles. The van der Waals surface area contributed by atoms with Gasteiger partial charge in [0.2, 0.25) is 5.91 Å². The van der Waals surface area contributed by atoms with E-state index in [0.717, 1.165) is 28.3 Å². The van der Waals surface area contributed by atoms with Gasteiger partial charge < -0.3 is 10.2 Å². The molecule has 1 amide bonds. The zero-order valence-corrected chi connectivity index (χ0v) is 13.7. The molecule has 0 aromatic carbocycles. The van der Waals surface area contributed by atoms with Crippen molar-refractivity contribution in [1.82, 2.24) is 10.2 Å². The quantitative estimate of drug-likeness (QED) is 0.886. The van der Waals surface area contributed by atoms with Gasteiger partial charge in [0.1, 0.15) is 0 Å². The Bertz CT molecular complexity index is 413. The fourth-order valence-corrected chi connectivity index (χ4v) is 3.57. The molecule has 3 nitrogen and oxygen atoms in total. The van der Waals surface area contributed by atoms with Gasteiger partial charge in [0.25, 0.3) is 0 Å². The fourth-order valence-electron chi connectivity index (χ4n) is 2.10. The van der Waals surface area contributed by atoms with Crippen LogP contribution in [0.4, 0.5) is 0 Å². The molecule has 6 heteroatoms. The van der Waals surface area contributed by atoms with Gasteiger partial charge in [-0.3, -0.25) is 4.79 Å². The molecule has 1 aliphatic rings. The van der Waals surface area contributed by atoms with Crippen LogP contribution < -0.4 is 5.32 Å². The van der Waals surface area contributed by atoms with Gasteiger partial charge in [-0.1, -0.05) is 0 Å². The van der Waals surface area contributed by atoms with Gasteiger partial charge in [0.15, 0.2) is 0 Å². The summed E-state index contributed by atoms with van der Waals surface area (Å²) in [6.45, 7) is 6.71. The number of nitrogens with one attached hydrogen (secondary N) is 1. The van der Waals surface area contributed by atoms with E-state index in [2.05, 4.69) is 28.2 Å². The minimum absolute atomic E-state index is 0. The van der Waals surface area contributed by atoms with Crippen LogP contribution in [0.1, 0.15) is 24.6 Å². The van der Waals surface area contributed by atoms with Crippen LogP contribution in [0.3, 0.4) is 0 Å². The molecule has 1 aliphatic heterocycles. The summed E-state index contributed by atoms with van der Waals surface area (Å²) in [6.07, 6.45) is 0. The van der Waals surface area contributed by atoms with Crippen molar-refractivity contribution in [2.45, 2.75) is 25.8 Å². The Balaban J connectivity index is 0.00000162. The van der Waals surface area contributed by atoms with Crippen molar-refractivity contribution in [1.29, 1.82) is 0 Å². The first-order chi connectivity index (χ1) is 8.09. The largest absolute Gasteiger partial charge is 0.337 e. The maximum atomic E-state index is 12.4. The van der Waals surface area contributed by atoms with Crippen molar-refractivity contribution in [2.75, 3.05) is 19.6 Å². The molecular formula is C12H18BrClN2OS. The Morgan fingerprint density at radius 1 is 1.61 bits per heavy atom. The minimum atomic E-state index is -0.0353. The lowest BCUT2D eigenvalue weighted by atomic mass is 10.1. The van der Waals surface area contributed by atoms with Crippen molar-refractivity contribution in [3.8, 4) is 0 Å². The number of amides is 1. The molecule has 1 fully saturated rings. The van der Waals surface area contributed by atoms with E-state index in [1.54, 1.807) is 11.3 Å². The van der Waals surface area contributed by atoms with Crippen molar-refractivity contribution in [2.24, 2.45) is 0 Å². The topological polar surface area (TPSA) is 32.3 Å². The van der Waals surface area contributed by atoms with E-state index in [9.17, 15) is 4.79 Å². The lowest BCUT2D eigenvalue weighted by Crippen LogP contribution is -2.53. The minimum Gasteiger partial charge on any atom is -0.337 e. The molecular weight excluding hydrogens is 336 g/mol. The van der Waals surface area contributed by atoms with E-state index in [1.165, 1.54) is 0 Å². The lowest BCUT2D eigenvalue weighted by Gasteiger charge is -2.35. The van der Waals surface area contributed by atoms with E-state index in [-0.39, 0.29) is 24.2 Å². The second kappa shape index (κ2) is 6.89. The number of halogens is 2. The maximum absolute atomic E-state index is 12.4. The number of hydrogen-bond acceptors (Lipinski definition) is 3. The predicted molar refractivity (Wildman–Crippen MR) is 81.7 cm³/mol. The van der Waals surface area contributed by atoms with Crippen molar-refractivity contribution in [3.63, 3.8) is 0 Å². The Labute approximate surface area is 126 Å². The third-order valence-corrected chi connectivity index (χ3v) is 4.98. The van der Waals surface area contributed by atoms with Gasteiger partial charge in [-0.05, 0) is 41.9 Å². The van der Waals surface area contributed by atoms with Gasteiger partial charge in [0.05, 0.1) is 9.70 Å². The van der Waals surface area contributed by atoms with Crippen molar-refractivity contribution < 1.29 is 4.79 Å². The van der Waals surface area contributed by atoms with Gasteiger partial charge in [0, 0.05) is 30.6 Å². The van der Waals surface area contributed by atoms with Crippen LogP contribution in [-0.4, -0.2) is 36.5 Å². The summed E-state index contributed by atoms with van der Waals surface area (Å²) in [6, 6.07) is 4.33. The average molecular weight is 354 g/mol. The normalized spacial score (nSPS) is 21.3. The van der Waals surface area contributed by atoms with Gasteiger partial charge in [-0.15, -0.1) is 23.7 Å². The Morgan fingerprint density at radius 2 is 2.33 bits per heavy atom. The average Bonchev–Trinajstić information content (AvgIpc) is 2.75. The van der Waals surface area contributed by atoms with E-state index in [4.69, 9.17) is 0 Å². The number of carbonyl (C=O) groups excluding carboxylic acids is 1. The van der Waals surface area contributed by atoms with Crippen LogP contribution in [0.25, 0.3) is 0 Å². The Kier molecular flexibility index (Phi) is 6.11. The smallest absolute Gasteiger partial charge is 0.230 e. The highest BCUT2D eigenvalue weighted by Crippen LogP contribution is 2.30. The third kappa shape index (κ3) is 3.47. The molecule has 1 saturated heterocycles. The van der Waals surface area contributed by atoms with Gasteiger partial charge in [-0.2, -0.15) is 0 Å². The first kappa shape index (κ1) is 16.0. The molecule has 1 unspecified atom stereocenters. The molecule has 2 rings (SSSR count). The highest BCUT2D eigenvalue weighted by atomic mass is 79.9. The first-order valence-corrected chi connectivity index (χ1v) is 7.47. The molecule has 0 aliphatic carbocycles. The molecule has 0 bridgehead atoms. The lowest BCUT2D eigenvalue weighted by molar-refractivity contribution is -0.135. The standard InChI is InChI=1S/C12H17BrN2OS.ClH/c1-8-7-14-5-6-15(8)12(16)9(2)10-3-4-11(13)17-10;/h3-4,8-9,14H,5-7H2,1-2H3;1H/t8-,9?;/m1./s1. The number of nitrogens with zero attached hydrogens (tertiary/aromatic N) is 1. The third-order valence-electron chi connectivity index (χ3n) is 3.18. The number of thiophene rings is 1. The molecule has 0 radical (unpaired) electrons. The van der Waals surface area contributed by atoms with Crippen LogP contribution >= 0.6 is 39.7 Å². The van der Waals surface area contributed by atoms with E-state index in [1.807, 2.05) is 24.0 Å². The molecule has 1 aromatic heterocycles. The van der Waals surface area contributed by atoms with Crippen molar-refractivity contribution >= 4 is 45.6 Å². The molecule has 1 aromatic rings. The van der Waals surface area contributed by atoms with Crippen LogP contribution in [0.15, 0.2) is 15.9 Å². The fraction of sp³-hybridized carbons (Fsp3) is 0.583. The molecule has 102 valence electrons. The summed E-state index contributed by atoms with van der Waals surface area (Å²) in [5, 5.41) is 3.30. The SMILES string of the molecule is CC(C(=O)N1CCNC[C@H]1C)c1ccc(Br)s1.Cl. The number of carbonyl (C=O) groups is 1. The monoisotopic (exact) mass is 352 g/mol. The summed E-state index contributed by atoms with van der Waals surface area (Å²) in [5.74, 6) is 0.209. The maximum Gasteiger partial charge on any atom is 0.230 e. The van der Waals surface area contributed by atoms with Gasteiger partial charge in [-0.25, -0.2) is 0 Å². The Hall–Kier alpha value is -0.100. The first-order valence-electron chi connectivity index (χ1n) is 5.86.